The molecule has 1 N–H and O–H groups in total. The molecule has 1 aliphatic rings. The predicted octanol–water partition coefficient (Wildman–Crippen LogP) is 2.73. The summed E-state index contributed by atoms with van der Waals surface area (Å²) in [5, 5.41) is 4.74. The molecule has 1 aromatic rings. The Morgan fingerprint density at radius 3 is 2.79 bits per heavy atom. The zero-order chi connectivity index (χ0) is 10.2. The second-order valence-electron chi connectivity index (χ2n) is 5.00. The monoisotopic (exact) mass is 210 g/mol. The van der Waals surface area contributed by atoms with Crippen molar-refractivity contribution in [2.75, 3.05) is 0 Å². The quantitative estimate of drug-likeness (QED) is 0.829. The molecule has 0 amide bonds. The number of aromatic nitrogens is 1. The molecule has 0 radical (unpaired) electrons. The summed E-state index contributed by atoms with van der Waals surface area (Å²) in [7, 11) is 0. The van der Waals surface area contributed by atoms with Crippen LogP contribution in [-0.4, -0.2) is 11.0 Å². The number of hydrogen-bond donors (Lipinski definition) is 1. The molecular formula is C11H18N2S. The van der Waals surface area contributed by atoms with Gasteiger partial charge in [-0.15, -0.1) is 11.3 Å². The van der Waals surface area contributed by atoms with Crippen LogP contribution in [0.3, 0.4) is 0 Å². The van der Waals surface area contributed by atoms with Gasteiger partial charge in [-0.05, 0) is 25.2 Å². The van der Waals surface area contributed by atoms with E-state index in [1.165, 1.54) is 17.7 Å². The Morgan fingerprint density at radius 2 is 2.29 bits per heavy atom. The van der Waals surface area contributed by atoms with Crippen LogP contribution in [0.1, 0.15) is 36.6 Å². The van der Waals surface area contributed by atoms with E-state index in [1.54, 1.807) is 11.3 Å². The average Bonchev–Trinajstić information content (AvgIpc) is 2.44. The standard InChI is InChI=1S/C11H18N2S/c1-8-12-6-10(14-8)7-13-9-4-11(2,3)5-9/h6,9,13H,4-5,7H2,1-3H3. The van der Waals surface area contributed by atoms with E-state index in [1.807, 2.05) is 6.20 Å². The summed E-state index contributed by atoms with van der Waals surface area (Å²) in [6.45, 7) is 7.72. The van der Waals surface area contributed by atoms with E-state index in [0.717, 1.165) is 17.6 Å². The van der Waals surface area contributed by atoms with Crippen LogP contribution in [-0.2, 0) is 6.54 Å². The van der Waals surface area contributed by atoms with Crippen LogP contribution >= 0.6 is 11.3 Å². The molecule has 78 valence electrons. The Labute approximate surface area is 89.8 Å². The van der Waals surface area contributed by atoms with Crippen LogP contribution in [0, 0.1) is 12.3 Å². The molecule has 3 heteroatoms. The fourth-order valence-electron chi connectivity index (χ4n) is 2.15. The summed E-state index contributed by atoms with van der Waals surface area (Å²) in [6.07, 6.45) is 4.60. The molecule has 0 bridgehead atoms. The largest absolute Gasteiger partial charge is 0.309 e. The highest BCUT2D eigenvalue weighted by Gasteiger charge is 2.35. The van der Waals surface area contributed by atoms with Crippen molar-refractivity contribution in [3.63, 3.8) is 0 Å². The molecule has 0 saturated heterocycles. The van der Waals surface area contributed by atoms with Crippen molar-refractivity contribution in [2.24, 2.45) is 5.41 Å². The van der Waals surface area contributed by atoms with Crippen LogP contribution < -0.4 is 5.32 Å². The number of thiazole rings is 1. The SMILES string of the molecule is Cc1ncc(CNC2CC(C)(C)C2)s1. The molecule has 2 rings (SSSR count). The van der Waals surface area contributed by atoms with E-state index < -0.39 is 0 Å². The molecule has 1 saturated carbocycles. The number of hydrogen-bond acceptors (Lipinski definition) is 3. The van der Waals surface area contributed by atoms with Gasteiger partial charge in [-0.1, -0.05) is 13.8 Å². The summed E-state index contributed by atoms with van der Waals surface area (Å²) >= 11 is 1.79. The smallest absolute Gasteiger partial charge is 0.0897 e. The van der Waals surface area contributed by atoms with Gasteiger partial charge in [0.25, 0.3) is 0 Å². The summed E-state index contributed by atoms with van der Waals surface area (Å²) in [5.41, 5.74) is 0.571. The molecule has 1 fully saturated rings. The minimum absolute atomic E-state index is 0.571. The highest BCUT2D eigenvalue weighted by atomic mass is 32.1. The lowest BCUT2D eigenvalue weighted by Crippen LogP contribution is -2.45. The van der Waals surface area contributed by atoms with Crippen molar-refractivity contribution in [1.29, 1.82) is 0 Å². The molecule has 1 aliphatic carbocycles. The topological polar surface area (TPSA) is 24.9 Å². The van der Waals surface area contributed by atoms with Gasteiger partial charge in [-0.3, -0.25) is 0 Å². The molecule has 0 atom stereocenters. The van der Waals surface area contributed by atoms with Gasteiger partial charge in [0, 0.05) is 23.7 Å². The van der Waals surface area contributed by atoms with E-state index in [0.29, 0.717) is 5.41 Å². The maximum Gasteiger partial charge on any atom is 0.0897 e. The van der Waals surface area contributed by atoms with Crippen LogP contribution in [0.4, 0.5) is 0 Å². The highest BCUT2D eigenvalue weighted by Crippen LogP contribution is 2.39. The molecule has 0 aliphatic heterocycles. The second kappa shape index (κ2) is 3.63. The Morgan fingerprint density at radius 1 is 1.57 bits per heavy atom. The van der Waals surface area contributed by atoms with Gasteiger partial charge < -0.3 is 5.32 Å². The number of aryl methyl sites for hydroxylation is 1. The van der Waals surface area contributed by atoms with Crippen LogP contribution in [0.25, 0.3) is 0 Å². The number of rotatable bonds is 3. The van der Waals surface area contributed by atoms with Gasteiger partial charge >= 0.3 is 0 Å². The summed E-state index contributed by atoms with van der Waals surface area (Å²) in [5.74, 6) is 0. The van der Waals surface area contributed by atoms with Crippen LogP contribution in [0.15, 0.2) is 6.20 Å². The maximum absolute atomic E-state index is 4.25. The van der Waals surface area contributed by atoms with Crippen molar-refractivity contribution in [1.82, 2.24) is 10.3 Å². The van der Waals surface area contributed by atoms with Gasteiger partial charge in [0.1, 0.15) is 0 Å². The van der Waals surface area contributed by atoms with Crippen molar-refractivity contribution < 1.29 is 0 Å². The van der Waals surface area contributed by atoms with Crippen molar-refractivity contribution >= 4 is 11.3 Å². The molecule has 14 heavy (non-hydrogen) atoms. The van der Waals surface area contributed by atoms with Crippen LogP contribution in [0.2, 0.25) is 0 Å². The van der Waals surface area contributed by atoms with E-state index in [2.05, 4.69) is 31.1 Å². The fraction of sp³-hybridized carbons (Fsp3) is 0.727. The Kier molecular flexibility index (Phi) is 2.62. The van der Waals surface area contributed by atoms with Crippen molar-refractivity contribution in [2.45, 2.75) is 46.2 Å². The zero-order valence-electron chi connectivity index (χ0n) is 9.13. The number of nitrogens with one attached hydrogen (secondary N) is 1. The molecule has 2 nitrogen and oxygen atoms in total. The number of nitrogens with zero attached hydrogens (tertiary/aromatic N) is 1. The lowest BCUT2D eigenvalue weighted by atomic mass is 9.68. The molecule has 0 unspecified atom stereocenters. The van der Waals surface area contributed by atoms with Crippen molar-refractivity contribution in [3.05, 3.63) is 16.1 Å². The van der Waals surface area contributed by atoms with E-state index in [-0.39, 0.29) is 0 Å². The molecule has 1 heterocycles. The minimum Gasteiger partial charge on any atom is -0.309 e. The first-order valence-corrected chi connectivity index (χ1v) is 6.01. The zero-order valence-corrected chi connectivity index (χ0v) is 9.95. The third-order valence-corrected chi connectivity index (χ3v) is 3.74. The summed E-state index contributed by atoms with van der Waals surface area (Å²) in [6, 6.07) is 0.729. The third kappa shape index (κ3) is 2.34. The van der Waals surface area contributed by atoms with Gasteiger partial charge in [0.15, 0.2) is 0 Å². The Balaban J connectivity index is 1.74. The Hall–Kier alpha value is -0.410. The highest BCUT2D eigenvalue weighted by molar-refractivity contribution is 7.11. The van der Waals surface area contributed by atoms with Gasteiger partial charge in [0.2, 0.25) is 0 Å². The summed E-state index contributed by atoms with van der Waals surface area (Å²) in [4.78, 5) is 5.60. The second-order valence-corrected chi connectivity index (χ2v) is 6.32. The third-order valence-electron chi connectivity index (χ3n) is 2.83. The molecule has 0 spiro atoms. The lowest BCUT2D eigenvalue weighted by Gasteiger charge is -2.43. The van der Waals surface area contributed by atoms with Gasteiger partial charge in [0.05, 0.1) is 5.01 Å². The first-order valence-electron chi connectivity index (χ1n) is 5.20. The van der Waals surface area contributed by atoms with Crippen molar-refractivity contribution in [3.8, 4) is 0 Å². The first kappa shape index (κ1) is 10.1. The van der Waals surface area contributed by atoms with E-state index in [4.69, 9.17) is 0 Å². The van der Waals surface area contributed by atoms with E-state index >= 15 is 0 Å². The van der Waals surface area contributed by atoms with Crippen LogP contribution in [0.5, 0.6) is 0 Å². The average molecular weight is 210 g/mol. The summed E-state index contributed by atoms with van der Waals surface area (Å²) < 4.78 is 0. The van der Waals surface area contributed by atoms with Gasteiger partial charge in [-0.25, -0.2) is 4.98 Å². The normalized spacial score (nSPS) is 20.8. The molecule has 1 aromatic heterocycles. The fourth-order valence-corrected chi connectivity index (χ4v) is 2.90. The molecular weight excluding hydrogens is 192 g/mol. The van der Waals surface area contributed by atoms with Gasteiger partial charge in [-0.2, -0.15) is 0 Å². The Bertz CT molecular complexity index is 309. The first-order chi connectivity index (χ1) is 6.55. The molecule has 0 aromatic carbocycles. The van der Waals surface area contributed by atoms with E-state index in [9.17, 15) is 0 Å². The minimum atomic E-state index is 0.571. The predicted molar refractivity (Wildman–Crippen MR) is 60.5 cm³/mol. The lowest BCUT2D eigenvalue weighted by molar-refractivity contribution is 0.125. The maximum atomic E-state index is 4.25.